The fourth-order valence-electron chi connectivity index (χ4n) is 1.79. The van der Waals surface area contributed by atoms with Gasteiger partial charge in [0.05, 0.1) is 12.1 Å². The van der Waals surface area contributed by atoms with E-state index >= 15 is 0 Å². The first-order chi connectivity index (χ1) is 9.70. The summed E-state index contributed by atoms with van der Waals surface area (Å²) in [6.07, 6.45) is 5.78. The van der Waals surface area contributed by atoms with E-state index in [0.717, 1.165) is 0 Å². The maximum absolute atomic E-state index is 13.6. The number of benzene rings is 1. The first-order valence-electron chi connectivity index (χ1n) is 6.24. The summed E-state index contributed by atoms with van der Waals surface area (Å²) < 4.78 is 19.1. The van der Waals surface area contributed by atoms with E-state index in [4.69, 9.17) is 10.8 Å². The molecule has 0 unspecified atom stereocenters. The molecule has 0 saturated heterocycles. The molecule has 1 N–H and O–H groups in total. The molecule has 0 aliphatic carbocycles. The third kappa shape index (κ3) is 3.48. The summed E-state index contributed by atoms with van der Waals surface area (Å²) in [5, 5.41) is 2.57. The highest BCUT2D eigenvalue weighted by Crippen LogP contribution is 2.25. The number of rotatable bonds is 5. The van der Waals surface area contributed by atoms with Crippen LogP contribution in [-0.2, 0) is 11.2 Å². The van der Waals surface area contributed by atoms with Crippen LogP contribution in [0.5, 0.6) is 0 Å². The second-order valence-electron chi connectivity index (χ2n) is 4.23. The monoisotopic (exact) mass is 271 g/mol. The van der Waals surface area contributed by atoms with E-state index in [-0.39, 0.29) is 24.7 Å². The summed E-state index contributed by atoms with van der Waals surface area (Å²) in [5.41, 5.74) is 0.413. The molecular weight excluding hydrogens is 257 g/mol. The predicted octanol–water partition coefficient (Wildman–Crippen LogP) is 2.77. The molecule has 2 aromatic rings. The fourth-order valence-corrected chi connectivity index (χ4v) is 1.79. The number of hydrogen-bond acceptors (Lipinski definition) is 2. The van der Waals surface area contributed by atoms with Crippen LogP contribution in [0.3, 0.4) is 0 Å². The Hall–Kier alpha value is -2.54. The van der Waals surface area contributed by atoms with Crippen molar-refractivity contribution in [2.24, 2.45) is 0 Å². The topological polar surface area (TPSA) is 42.2 Å². The van der Waals surface area contributed by atoms with Crippen LogP contribution in [-0.4, -0.2) is 12.5 Å². The van der Waals surface area contributed by atoms with E-state index in [9.17, 15) is 9.18 Å². The number of furan rings is 1. The number of halogens is 1. The average Bonchev–Trinajstić information content (AvgIpc) is 2.92. The second kappa shape index (κ2) is 6.58. The Kier molecular flexibility index (Phi) is 4.56. The molecule has 1 heterocycles. The molecule has 1 aromatic heterocycles. The van der Waals surface area contributed by atoms with Crippen LogP contribution in [0.1, 0.15) is 12.2 Å². The van der Waals surface area contributed by atoms with Crippen LogP contribution in [0.15, 0.2) is 40.8 Å². The molecule has 3 nitrogen and oxygen atoms in total. The minimum Gasteiger partial charge on any atom is -0.461 e. The Morgan fingerprint density at radius 3 is 2.85 bits per heavy atom. The van der Waals surface area contributed by atoms with Gasteiger partial charge in [0.2, 0.25) is 5.91 Å². The van der Waals surface area contributed by atoms with Crippen LogP contribution < -0.4 is 5.32 Å². The number of terminal acetylenes is 1. The third-order valence-corrected chi connectivity index (χ3v) is 2.79. The Balaban J connectivity index is 1.98. The van der Waals surface area contributed by atoms with Crippen molar-refractivity contribution >= 4 is 5.91 Å². The van der Waals surface area contributed by atoms with Crippen LogP contribution in [0.4, 0.5) is 4.39 Å². The number of amides is 1. The van der Waals surface area contributed by atoms with Gasteiger partial charge in [0.1, 0.15) is 17.3 Å². The Bertz CT molecular complexity index is 640. The van der Waals surface area contributed by atoms with Crippen molar-refractivity contribution in [3.8, 4) is 23.7 Å². The van der Waals surface area contributed by atoms with Crippen molar-refractivity contribution < 1.29 is 13.6 Å². The van der Waals surface area contributed by atoms with E-state index < -0.39 is 0 Å². The standard InChI is InChI=1S/C16H14FNO2/c1-2-11-18-16(19)10-8-12-7-9-15(20-12)13-5-3-4-6-14(13)17/h1,3-7,9H,8,10-11H2,(H,18,19). The lowest BCUT2D eigenvalue weighted by molar-refractivity contribution is -0.120. The number of carbonyl (C=O) groups is 1. The third-order valence-electron chi connectivity index (χ3n) is 2.79. The van der Waals surface area contributed by atoms with Crippen molar-refractivity contribution in [1.82, 2.24) is 5.32 Å². The molecular formula is C16H14FNO2. The Morgan fingerprint density at radius 2 is 2.10 bits per heavy atom. The second-order valence-corrected chi connectivity index (χ2v) is 4.23. The van der Waals surface area contributed by atoms with Gasteiger partial charge >= 0.3 is 0 Å². The van der Waals surface area contributed by atoms with Crippen LogP contribution in [0.2, 0.25) is 0 Å². The minimum atomic E-state index is -0.333. The summed E-state index contributed by atoms with van der Waals surface area (Å²) >= 11 is 0. The minimum absolute atomic E-state index is 0.133. The SMILES string of the molecule is C#CCNC(=O)CCc1ccc(-c2ccccc2F)o1. The highest BCUT2D eigenvalue weighted by molar-refractivity contribution is 5.76. The largest absolute Gasteiger partial charge is 0.461 e. The molecule has 0 aliphatic heterocycles. The molecule has 1 aromatic carbocycles. The first kappa shape index (κ1) is 13.9. The van der Waals surface area contributed by atoms with Gasteiger partial charge in [-0.2, -0.15) is 0 Å². The van der Waals surface area contributed by atoms with Crippen molar-refractivity contribution in [1.29, 1.82) is 0 Å². The highest BCUT2D eigenvalue weighted by atomic mass is 19.1. The summed E-state index contributed by atoms with van der Waals surface area (Å²) in [5.74, 6) is 2.96. The van der Waals surface area contributed by atoms with Crippen LogP contribution in [0.25, 0.3) is 11.3 Å². The lowest BCUT2D eigenvalue weighted by Crippen LogP contribution is -2.23. The normalized spacial score (nSPS) is 10.0. The predicted molar refractivity (Wildman–Crippen MR) is 74.3 cm³/mol. The summed E-state index contributed by atoms with van der Waals surface area (Å²) in [6.45, 7) is 0.220. The van der Waals surface area contributed by atoms with Crippen molar-refractivity contribution in [2.45, 2.75) is 12.8 Å². The number of hydrogen-bond donors (Lipinski definition) is 1. The van der Waals surface area contributed by atoms with Gasteiger partial charge in [-0.1, -0.05) is 18.1 Å². The van der Waals surface area contributed by atoms with E-state index in [1.807, 2.05) is 0 Å². The quantitative estimate of drug-likeness (QED) is 0.850. The maximum Gasteiger partial charge on any atom is 0.221 e. The smallest absolute Gasteiger partial charge is 0.221 e. The molecule has 0 atom stereocenters. The summed E-state index contributed by atoms with van der Waals surface area (Å²) in [6, 6.07) is 9.85. The zero-order valence-electron chi connectivity index (χ0n) is 10.9. The van der Waals surface area contributed by atoms with Gasteiger partial charge in [-0.05, 0) is 24.3 Å². The molecule has 0 fully saturated rings. The van der Waals surface area contributed by atoms with E-state index in [0.29, 0.717) is 23.5 Å². The number of carbonyl (C=O) groups excluding carboxylic acids is 1. The van der Waals surface area contributed by atoms with Gasteiger partial charge in [0, 0.05) is 12.8 Å². The molecule has 0 radical (unpaired) electrons. The Labute approximate surface area is 116 Å². The number of aryl methyl sites for hydroxylation is 1. The van der Waals surface area contributed by atoms with E-state index in [1.165, 1.54) is 6.07 Å². The van der Waals surface area contributed by atoms with Crippen molar-refractivity contribution in [3.05, 3.63) is 48.0 Å². The van der Waals surface area contributed by atoms with E-state index in [1.54, 1.807) is 30.3 Å². The van der Waals surface area contributed by atoms with Crippen molar-refractivity contribution in [2.75, 3.05) is 6.54 Å². The lowest BCUT2D eigenvalue weighted by Gasteiger charge is -2.00. The molecule has 1 amide bonds. The molecule has 0 aliphatic rings. The van der Waals surface area contributed by atoms with Gasteiger partial charge in [-0.3, -0.25) is 4.79 Å². The zero-order chi connectivity index (χ0) is 14.4. The summed E-state index contributed by atoms with van der Waals surface area (Å²) in [7, 11) is 0. The molecule has 0 saturated carbocycles. The van der Waals surface area contributed by atoms with E-state index in [2.05, 4.69) is 11.2 Å². The lowest BCUT2D eigenvalue weighted by atomic mass is 10.1. The van der Waals surface area contributed by atoms with Gasteiger partial charge in [-0.15, -0.1) is 6.42 Å². The molecule has 102 valence electrons. The van der Waals surface area contributed by atoms with Gasteiger partial charge in [0.15, 0.2) is 0 Å². The molecule has 2 rings (SSSR count). The molecule has 20 heavy (non-hydrogen) atoms. The van der Waals surface area contributed by atoms with Crippen LogP contribution >= 0.6 is 0 Å². The molecule has 0 bridgehead atoms. The Morgan fingerprint density at radius 1 is 1.30 bits per heavy atom. The average molecular weight is 271 g/mol. The fraction of sp³-hybridized carbons (Fsp3) is 0.188. The number of nitrogens with one attached hydrogen (secondary N) is 1. The zero-order valence-corrected chi connectivity index (χ0v) is 10.9. The maximum atomic E-state index is 13.6. The van der Waals surface area contributed by atoms with Crippen molar-refractivity contribution in [3.63, 3.8) is 0 Å². The summed E-state index contributed by atoms with van der Waals surface area (Å²) in [4.78, 5) is 11.4. The molecule has 4 heteroatoms. The molecule has 0 spiro atoms. The van der Waals surface area contributed by atoms with Gasteiger partial charge < -0.3 is 9.73 Å². The van der Waals surface area contributed by atoms with Gasteiger partial charge in [-0.25, -0.2) is 4.39 Å². The van der Waals surface area contributed by atoms with Gasteiger partial charge in [0.25, 0.3) is 0 Å². The van der Waals surface area contributed by atoms with Crippen LogP contribution in [0, 0.1) is 18.2 Å². The highest BCUT2D eigenvalue weighted by Gasteiger charge is 2.10. The first-order valence-corrected chi connectivity index (χ1v) is 6.24.